The predicted octanol–water partition coefficient (Wildman–Crippen LogP) is 1.43. The number of rotatable bonds is 4. The molecule has 1 N–H and O–H groups in total. The Bertz CT molecular complexity index is 396. The molecular weight excluding hydrogens is 222 g/mol. The first-order chi connectivity index (χ1) is 8.12. The summed E-state index contributed by atoms with van der Waals surface area (Å²) in [5, 5.41) is 5.85. The quantitative estimate of drug-likeness (QED) is 0.862. The highest BCUT2D eigenvalue weighted by Gasteiger charge is 2.17. The van der Waals surface area contributed by atoms with Gasteiger partial charge in [-0.3, -0.25) is 10.1 Å². The van der Waals surface area contributed by atoms with E-state index in [9.17, 15) is 9.59 Å². The van der Waals surface area contributed by atoms with Gasteiger partial charge in [0.25, 0.3) is 5.91 Å². The number of aryl methyl sites for hydroxylation is 1. The summed E-state index contributed by atoms with van der Waals surface area (Å²) in [5.41, 5.74) is 0.127. The third-order valence-corrected chi connectivity index (χ3v) is 2.41. The van der Waals surface area contributed by atoms with Crippen molar-refractivity contribution in [3.8, 4) is 0 Å². The van der Waals surface area contributed by atoms with Crippen LogP contribution in [0.3, 0.4) is 0 Å². The van der Waals surface area contributed by atoms with E-state index in [1.165, 1.54) is 11.0 Å². The molecule has 0 spiro atoms. The highest BCUT2D eigenvalue weighted by molar-refractivity contribution is 6.02. The Balaban J connectivity index is 2.62. The summed E-state index contributed by atoms with van der Waals surface area (Å²) >= 11 is 0. The molecule has 6 nitrogen and oxygen atoms in total. The van der Waals surface area contributed by atoms with Crippen LogP contribution < -0.4 is 5.32 Å². The lowest BCUT2D eigenvalue weighted by Gasteiger charge is -2.17. The SMILES string of the molecule is CCc1cc(C(=O)NC(=O)N(CC)CC)no1. The minimum absolute atomic E-state index is 0.127. The van der Waals surface area contributed by atoms with E-state index in [1.54, 1.807) is 0 Å². The number of urea groups is 1. The van der Waals surface area contributed by atoms with Crippen molar-refractivity contribution in [2.75, 3.05) is 13.1 Å². The monoisotopic (exact) mass is 239 g/mol. The van der Waals surface area contributed by atoms with E-state index in [0.717, 1.165) is 0 Å². The smallest absolute Gasteiger partial charge is 0.324 e. The van der Waals surface area contributed by atoms with Crippen LogP contribution in [-0.4, -0.2) is 35.1 Å². The molecule has 0 unspecified atom stereocenters. The Kier molecular flexibility index (Phi) is 4.68. The highest BCUT2D eigenvalue weighted by atomic mass is 16.5. The van der Waals surface area contributed by atoms with Crippen LogP contribution in [0, 0.1) is 0 Å². The van der Waals surface area contributed by atoms with Crippen molar-refractivity contribution in [3.05, 3.63) is 17.5 Å². The summed E-state index contributed by atoms with van der Waals surface area (Å²) in [5.74, 6) is 0.0794. The molecule has 6 heteroatoms. The Morgan fingerprint density at radius 2 is 2.00 bits per heavy atom. The zero-order valence-corrected chi connectivity index (χ0v) is 10.3. The molecule has 0 fully saturated rings. The standard InChI is InChI=1S/C11H17N3O3/c1-4-8-7-9(13-17-8)10(15)12-11(16)14(5-2)6-3/h7H,4-6H2,1-3H3,(H,12,15,16). The summed E-state index contributed by atoms with van der Waals surface area (Å²) in [6.07, 6.45) is 0.657. The zero-order chi connectivity index (χ0) is 12.8. The Labute approximate surface area is 99.9 Å². The number of carbonyl (C=O) groups is 2. The van der Waals surface area contributed by atoms with Crippen LogP contribution in [0.25, 0.3) is 0 Å². The number of amides is 3. The van der Waals surface area contributed by atoms with Crippen molar-refractivity contribution < 1.29 is 14.1 Å². The third kappa shape index (κ3) is 3.30. The zero-order valence-electron chi connectivity index (χ0n) is 10.3. The van der Waals surface area contributed by atoms with Gasteiger partial charge in [-0.2, -0.15) is 0 Å². The second-order valence-corrected chi connectivity index (χ2v) is 3.46. The number of imide groups is 1. The third-order valence-electron chi connectivity index (χ3n) is 2.41. The van der Waals surface area contributed by atoms with E-state index in [4.69, 9.17) is 4.52 Å². The number of hydrogen-bond donors (Lipinski definition) is 1. The molecule has 0 aliphatic heterocycles. The van der Waals surface area contributed by atoms with Crippen LogP contribution in [0.5, 0.6) is 0 Å². The normalized spacial score (nSPS) is 10.1. The number of carbonyl (C=O) groups excluding carboxylic acids is 2. The first kappa shape index (κ1) is 13.2. The molecule has 0 bridgehead atoms. The maximum Gasteiger partial charge on any atom is 0.324 e. The van der Waals surface area contributed by atoms with Gasteiger partial charge in [0.1, 0.15) is 5.76 Å². The fourth-order valence-electron chi connectivity index (χ4n) is 1.34. The Hall–Kier alpha value is -1.85. The van der Waals surface area contributed by atoms with Crippen LogP contribution >= 0.6 is 0 Å². The average molecular weight is 239 g/mol. The van der Waals surface area contributed by atoms with Gasteiger partial charge in [-0.25, -0.2) is 4.79 Å². The lowest BCUT2D eigenvalue weighted by molar-refractivity contribution is 0.0944. The van der Waals surface area contributed by atoms with Crippen molar-refractivity contribution in [1.29, 1.82) is 0 Å². The molecule has 1 aromatic heterocycles. The average Bonchev–Trinajstić information content (AvgIpc) is 2.79. The molecule has 94 valence electrons. The Morgan fingerprint density at radius 3 is 2.47 bits per heavy atom. The molecule has 0 saturated carbocycles. The molecule has 0 radical (unpaired) electrons. The van der Waals surface area contributed by atoms with Gasteiger partial charge in [0, 0.05) is 25.6 Å². The highest BCUT2D eigenvalue weighted by Crippen LogP contribution is 2.04. The molecular formula is C11H17N3O3. The molecule has 3 amide bonds. The van der Waals surface area contributed by atoms with Crippen LogP contribution in [0.15, 0.2) is 10.6 Å². The van der Waals surface area contributed by atoms with Gasteiger partial charge < -0.3 is 9.42 Å². The first-order valence-corrected chi connectivity index (χ1v) is 5.68. The molecule has 0 aliphatic carbocycles. The fraction of sp³-hybridized carbons (Fsp3) is 0.545. The van der Waals surface area contributed by atoms with Gasteiger partial charge in [0.05, 0.1) is 0 Å². The van der Waals surface area contributed by atoms with Crippen molar-refractivity contribution in [2.45, 2.75) is 27.2 Å². The Morgan fingerprint density at radius 1 is 1.35 bits per heavy atom. The number of nitrogens with zero attached hydrogens (tertiary/aromatic N) is 2. The number of hydrogen-bond acceptors (Lipinski definition) is 4. The van der Waals surface area contributed by atoms with Gasteiger partial charge in [0.15, 0.2) is 5.69 Å². The van der Waals surface area contributed by atoms with E-state index in [0.29, 0.717) is 25.3 Å². The van der Waals surface area contributed by atoms with Crippen molar-refractivity contribution in [2.24, 2.45) is 0 Å². The van der Waals surface area contributed by atoms with Gasteiger partial charge in [0.2, 0.25) is 0 Å². The molecule has 1 aromatic rings. The second kappa shape index (κ2) is 6.03. The largest absolute Gasteiger partial charge is 0.361 e. The van der Waals surface area contributed by atoms with Crippen molar-refractivity contribution in [1.82, 2.24) is 15.4 Å². The van der Waals surface area contributed by atoms with Gasteiger partial charge >= 0.3 is 6.03 Å². The maximum atomic E-state index is 11.6. The van der Waals surface area contributed by atoms with Gasteiger partial charge in [-0.05, 0) is 13.8 Å². The topological polar surface area (TPSA) is 75.4 Å². The molecule has 0 aromatic carbocycles. The van der Waals surface area contributed by atoms with Crippen LogP contribution in [-0.2, 0) is 6.42 Å². The lowest BCUT2D eigenvalue weighted by Crippen LogP contribution is -2.42. The van der Waals surface area contributed by atoms with Gasteiger partial charge in [-0.1, -0.05) is 12.1 Å². The van der Waals surface area contributed by atoms with E-state index < -0.39 is 11.9 Å². The van der Waals surface area contributed by atoms with Crippen molar-refractivity contribution in [3.63, 3.8) is 0 Å². The minimum Gasteiger partial charge on any atom is -0.361 e. The number of nitrogens with one attached hydrogen (secondary N) is 1. The first-order valence-electron chi connectivity index (χ1n) is 5.68. The number of aromatic nitrogens is 1. The molecule has 0 aliphatic rings. The van der Waals surface area contributed by atoms with Crippen LogP contribution in [0.2, 0.25) is 0 Å². The fourth-order valence-corrected chi connectivity index (χ4v) is 1.34. The summed E-state index contributed by atoms with van der Waals surface area (Å²) in [6, 6.07) is 1.12. The van der Waals surface area contributed by atoms with Crippen LogP contribution in [0.4, 0.5) is 4.79 Å². The molecule has 0 saturated heterocycles. The minimum atomic E-state index is -0.537. The summed E-state index contributed by atoms with van der Waals surface area (Å²) in [4.78, 5) is 24.8. The molecule has 17 heavy (non-hydrogen) atoms. The predicted molar refractivity (Wildman–Crippen MR) is 61.7 cm³/mol. The molecule has 1 rings (SSSR count). The summed E-state index contributed by atoms with van der Waals surface area (Å²) < 4.78 is 4.89. The van der Waals surface area contributed by atoms with E-state index in [1.807, 2.05) is 20.8 Å². The molecule has 1 heterocycles. The lowest BCUT2D eigenvalue weighted by atomic mass is 10.3. The summed E-state index contributed by atoms with van der Waals surface area (Å²) in [6.45, 7) is 6.68. The van der Waals surface area contributed by atoms with E-state index in [-0.39, 0.29) is 5.69 Å². The maximum absolute atomic E-state index is 11.6. The second-order valence-electron chi connectivity index (χ2n) is 3.46. The summed E-state index contributed by atoms with van der Waals surface area (Å²) in [7, 11) is 0. The van der Waals surface area contributed by atoms with Gasteiger partial charge in [-0.15, -0.1) is 0 Å². The van der Waals surface area contributed by atoms with Crippen LogP contribution in [0.1, 0.15) is 37.0 Å². The molecule has 0 atom stereocenters. The van der Waals surface area contributed by atoms with E-state index in [2.05, 4.69) is 10.5 Å². The van der Waals surface area contributed by atoms with E-state index >= 15 is 0 Å². The van der Waals surface area contributed by atoms with Crippen molar-refractivity contribution >= 4 is 11.9 Å².